The van der Waals surface area contributed by atoms with Crippen LogP contribution >= 0.6 is 22.9 Å². The Bertz CT molecular complexity index is 903. The van der Waals surface area contributed by atoms with Gasteiger partial charge in [-0.1, -0.05) is 43.1 Å². The van der Waals surface area contributed by atoms with Crippen LogP contribution in [0.5, 0.6) is 0 Å². The zero-order chi connectivity index (χ0) is 17.6. The third kappa shape index (κ3) is 4.24. The van der Waals surface area contributed by atoms with Crippen molar-refractivity contribution < 1.29 is 9.53 Å². The first-order valence-corrected chi connectivity index (χ1v) is 9.15. The van der Waals surface area contributed by atoms with Crippen LogP contribution in [0.15, 0.2) is 30.3 Å². The number of rotatable bonds is 7. The molecule has 0 aliphatic carbocycles. The summed E-state index contributed by atoms with van der Waals surface area (Å²) >= 11 is 7.88. The lowest BCUT2D eigenvalue weighted by atomic mass is 10.2. The SMILES string of the molecule is CCCCn1nnnc1COC(=O)C=Cc1sc2ccccc2c1Cl. The molecule has 0 atom stereocenters. The van der Waals surface area contributed by atoms with Gasteiger partial charge in [-0.25, -0.2) is 9.48 Å². The van der Waals surface area contributed by atoms with E-state index in [1.807, 2.05) is 24.3 Å². The summed E-state index contributed by atoms with van der Waals surface area (Å²) < 4.78 is 7.95. The Labute approximate surface area is 154 Å². The van der Waals surface area contributed by atoms with Crippen molar-refractivity contribution in [3.05, 3.63) is 46.1 Å². The van der Waals surface area contributed by atoms with Gasteiger partial charge in [-0.05, 0) is 29.0 Å². The zero-order valence-corrected chi connectivity index (χ0v) is 15.3. The van der Waals surface area contributed by atoms with Crippen molar-refractivity contribution in [1.82, 2.24) is 20.2 Å². The number of thiophene rings is 1. The number of halogens is 1. The van der Waals surface area contributed by atoms with Crippen LogP contribution in [0.4, 0.5) is 0 Å². The molecule has 1 aromatic carbocycles. The number of esters is 1. The first-order chi connectivity index (χ1) is 12.2. The van der Waals surface area contributed by atoms with Crippen LogP contribution in [0.3, 0.4) is 0 Å². The highest BCUT2D eigenvalue weighted by Gasteiger charge is 2.10. The standard InChI is InChI=1S/C17H17ClN4O2S/c1-2-3-10-22-15(19-20-21-22)11-24-16(23)9-8-14-17(18)12-6-4-5-7-13(12)25-14/h4-9H,2-3,10-11H2,1H3. The minimum atomic E-state index is -0.460. The quantitative estimate of drug-likeness (QED) is 0.458. The predicted molar refractivity (Wildman–Crippen MR) is 98.4 cm³/mol. The Hall–Kier alpha value is -2.25. The third-order valence-corrected chi connectivity index (χ3v) is 5.26. The van der Waals surface area contributed by atoms with E-state index in [9.17, 15) is 4.79 Å². The summed E-state index contributed by atoms with van der Waals surface area (Å²) in [4.78, 5) is 12.8. The van der Waals surface area contributed by atoms with Crippen LogP contribution in [-0.4, -0.2) is 26.2 Å². The van der Waals surface area contributed by atoms with E-state index in [2.05, 4.69) is 22.4 Å². The fraction of sp³-hybridized carbons (Fsp3) is 0.294. The highest BCUT2D eigenvalue weighted by molar-refractivity contribution is 7.20. The number of ether oxygens (including phenoxy) is 1. The van der Waals surface area contributed by atoms with Gasteiger partial charge in [0.05, 0.1) is 5.02 Å². The molecule has 130 valence electrons. The summed E-state index contributed by atoms with van der Waals surface area (Å²) in [5.41, 5.74) is 0. The van der Waals surface area contributed by atoms with E-state index in [0.29, 0.717) is 17.4 Å². The average molecular weight is 377 g/mol. The van der Waals surface area contributed by atoms with Crippen LogP contribution < -0.4 is 0 Å². The second-order valence-electron chi connectivity index (χ2n) is 5.39. The number of aromatic nitrogens is 4. The fourth-order valence-electron chi connectivity index (χ4n) is 2.28. The Morgan fingerprint density at radius 2 is 2.24 bits per heavy atom. The van der Waals surface area contributed by atoms with Gasteiger partial charge in [-0.3, -0.25) is 0 Å². The monoisotopic (exact) mass is 376 g/mol. The number of aryl methyl sites for hydroxylation is 1. The first kappa shape index (κ1) is 17.6. The number of hydrogen-bond donors (Lipinski definition) is 0. The van der Waals surface area contributed by atoms with Crippen molar-refractivity contribution in [1.29, 1.82) is 0 Å². The summed E-state index contributed by atoms with van der Waals surface area (Å²) in [6, 6.07) is 7.85. The Morgan fingerprint density at radius 1 is 1.40 bits per heavy atom. The van der Waals surface area contributed by atoms with Crippen molar-refractivity contribution in [3.8, 4) is 0 Å². The topological polar surface area (TPSA) is 69.9 Å². The molecule has 6 nitrogen and oxygen atoms in total. The molecule has 0 amide bonds. The largest absolute Gasteiger partial charge is 0.454 e. The molecule has 0 bridgehead atoms. The Morgan fingerprint density at radius 3 is 3.04 bits per heavy atom. The van der Waals surface area contributed by atoms with Gasteiger partial charge in [-0.15, -0.1) is 16.4 Å². The van der Waals surface area contributed by atoms with Gasteiger partial charge >= 0.3 is 5.97 Å². The van der Waals surface area contributed by atoms with Gasteiger partial charge in [0.1, 0.15) is 0 Å². The van der Waals surface area contributed by atoms with E-state index < -0.39 is 5.97 Å². The molecule has 2 heterocycles. The molecular formula is C17H17ClN4O2S. The maximum atomic E-state index is 11.9. The number of benzene rings is 1. The number of nitrogens with zero attached hydrogens (tertiary/aromatic N) is 4. The second kappa shape index (κ2) is 8.22. The summed E-state index contributed by atoms with van der Waals surface area (Å²) in [5.74, 6) is 0.0775. The molecule has 0 N–H and O–H groups in total. The first-order valence-electron chi connectivity index (χ1n) is 7.96. The van der Waals surface area contributed by atoms with E-state index in [1.165, 1.54) is 17.4 Å². The van der Waals surface area contributed by atoms with Gasteiger partial charge in [0.15, 0.2) is 12.4 Å². The highest BCUT2D eigenvalue weighted by Crippen LogP contribution is 2.35. The van der Waals surface area contributed by atoms with Gasteiger partial charge in [0, 0.05) is 27.6 Å². The van der Waals surface area contributed by atoms with E-state index in [1.54, 1.807) is 10.8 Å². The summed E-state index contributed by atoms with van der Waals surface area (Å²) in [6.45, 7) is 2.84. The van der Waals surface area contributed by atoms with Gasteiger partial charge in [-0.2, -0.15) is 0 Å². The zero-order valence-electron chi connectivity index (χ0n) is 13.7. The van der Waals surface area contributed by atoms with Crippen LogP contribution in [-0.2, 0) is 22.7 Å². The van der Waals surface area contributed by atoms with Crippen LogP contribution in [0.25, 0.3) is 16.2 Å². The molecule has 0 aliphatic rings. The molecular weight excluding hydrogens is 360 g/mol. The van der Waals surface area contributed by atoms with E-state index >= 15 is 0 Å². The molecule has 0 saturated carbocycles. The van der Waals surface area contributed by atoms with Gasteiger partial charge in [0.25, 0.3) is 0 Å². The molecule has 0 aliphatic heterocycles. The van der Waals surface area contributed by atoms with Crippen LogP contribution in [0, 0.1) is 0 Å². The smallest absolute Gasteiger partial charge is 0.331 e. The molecule has 3 aromatic rings. The lowest BCUT2D eigenvalue weighted by molar-refractivity contribution is -0.139. The lowest BCUT2D eigenvalue weighted by Gasteiger charge is -2.03. The van der Waals surface area contributed by atoms with E-state index in [0.717, 1.165) is 27.8 Å². The predicted octanol–water partition coefficient (Wildman–Crippen LogP) is 4.10. The maximum absolute atomic E-state index is 11.9. The molecule has 25 heavy (non-hydrogen) atoms. The molecule has 2 aromatic heterocycles. The molecule has 0 fully saturated rings. The minimum absolute atomic E-state index is 0.0417. The number of fused-ring (bicyclic) bond motifs is 1. The fourth-order valence-corrected chi connectivity index (χ4v) is 3.67. The molecule has 0 radical (unpaired) electrons. The Kier molecular flexibility index (Phi) is 5.78. The average Bonchev–Trinajstić information content (AvgIpc) is 3.21. The molecule has 0 unspecified atom stereocenters. The van der Waals surface area contributed by atoms with Crippen molar-refractivity contribution >= 4 is 45.1 Å². The van der Waals surface area contributed by atoms with Gasteiger partial charge in [0.2, 0.25) is 0 Å². The molecule has 3 rings (SSSR count). The van der Waals surface area contributed by atoms with Crippen LogP contribution in [0.2, 0.25) is 5.02 Å². The second-order valence-corrected chi connectivity index (χ2v) is 6.85. The van der Waals surface area contributed by atoms with Crippen molar-refractivity contribution in [2.45, 2.75) is 32.9 Å². The molecule has 8 heteroatoms. The number of carbonyl (C=O) groups excluding carboxylic acids is 1. The summed E-state index contributed by atoms with van der Waals surface area (Å²) in [5, 5.41) is 13.0. The number of hydrogen-bond acceptors (Lipinski definition) is 6. The van der Waals surface area contributed by atoms with E-state index in [-0.39, 0.29) is 6.61 Å². The number of unbranched alkanes of at least 4 members (excludes halogenated alkanes) is 1. The maximum Gasteiger partial charge on any atom is 0.331 e. The lowest BCUT2D eigenvalue weighted by Crippen LogP contribution is -2.09. The minimum Gasteiger partial charge on any atom is -0.454 e. The molecule has 0 saturated heterocycles. The van der Waals surface area contributed by atoms with E-state index in [4.69, 9.17) is 16.3 Å². The number of carbonyl (C=O) groups is 1. The van der Waals surface area contributed by atoms with Crippen molar-refractivity contribution in [2.75, 3.05) is 0 Å². The Balaban J connectivity index is 1.61. The highest BCUT2D eigenvalue weighted by atomic mass is 35.5. The summed E-state index contributed by atoms with van der Waals surface area (Å²) in [7, 11) is 0. The normalized spacial score (nSPS) is 11.4. The van der Waals surface area contributed by atoms with Crippen molar-refractivity contribution in [3.63, 3.8) is 0 Å². The van der Waals surface area contributed by atoms with Crippen LogP contribution in [0.1, 0.15) is 30.5 Å². The molecule has 0 spiro atoms. The third-order valence-electron chi connectivity index (χ3n) is 3.60. The van der Waals surface area contributed by atoms with Gasteiger partial charge < -0.3 is 4.74 Å². The number of tetrazole rings is 1. The van der Waals surface area contributed by atoms with Crippen molar-refractivity contribution in [2.24, 2.45) is 0 Å². The summed E-state index contributed by atoms with van der Waals surface area (Å²) in [6.07, 6.45) is 5.06.